The van der Waals surface area contributed by atoms with Crippen molar-refractivity contribution in [2.75, 3.05) is 54.8 Å². The lowest BCUT2D eigenvalue weighted by Crippen LogP contribution is -2.58. The normalized spacial score (nSPS) is 16.3. The lowest BCUT2D eigenvalue weighted by atomic mass is 10.0. The summed E-state index contributed by atoms with van der Waals surface area (Å²) in [5.74, 6) is -0.569. The highest BCUT2D eigenvalue weighted by Gasteiger charge is 2.33. The van der Waals surface area contributed by atoms with E-state index in [9.17, 15) is 18.8 Å². The molecule has 2 aliphatic rings. The number of likely N-dealkylation sites (tertiary alicyclic amines) is 1. The van der Waals surface area contributed by atoms with Crippen LogP contribution in [0, 0.1) is 5.82 Å². The van der Waals surface area contributed by atoms with Crippen LogP contribution in [-0.4, -0.2) is 84.1 Å². The molecular formula is C31H35Br2FN8O3. The summed E-state index contributed by atoms with van der Waals surface area (Å²) in [6.07, 6.45) is 4.71. The number of pyridine rings is 1. The number of carbonyl (C=O) groups excluding carboxylic acids is 3. The van der Waals surface area contributed by atoms with Gasteiger partial charge in [0, 0.05) is 84.4 Å². The van der Waals surface area contributed by atoms with Gasteiger partial charge in [-0.15, -0.1) is 0 Å². The Balaban J connectivity index is 1.26. The Bertz CT molecular complexity index is 1490. The van der Waals surface area contributed by atoms with Crippen LogP contribution in [0.4, 0.5) is 31.0 Å². The number of aromatic nitrogens is 1. The summed E-state index contributed by atoms with van der Waals surface area (Å²) in [5, 5.41) is 3.00. The van der Waals surface area contributed by atoms with E-state index in [1.165, 1.54) is 29.2 Å². The maximum atomic E-state index is 13.9. The van der Waals surface area contributed by atoms with E-state index in [0.29, 0.717) is 72.4 Å². The molecule has 2 aromatic carbocycles. The molecule has 14 heteroatoms. The standard InChI is InChI=1S/C31H35Br2FN8O3/c32-25-17-20(18-26(33)28(25)35)19-27(29(43)40-15-13-39(14-16-40)22-5-9-37-10-6-22)38-31(45)41-11-7-24(8-12-41)42(30(36)44)23-3-1-21(34)2-4-23/h1-6,9-10,17-18,24,27H,7-8,11-16,19,35H2,(H2,36,44)(H,38,45)/t27-/m1/s1. The predicted octanol–water partition coefficient (Wildman–Crippen LogP) is 4.35. The number of nitrogens with two attached hydrogens (primary N) is 2. The third-order valence-electron chi connectivity index (χ3n) is 8.25. The van der Waals surface area contributed by atoms with E-state index < -0.39 is 17.9 Å². The fourth-order valence-electron chi connectivity index (χ4n) is 5.84. The maximum Gasteiger partial charge on any atom is 0.319 e. The summed E-state index contributed by atoms with van der Waals surface area (Å²) < 4.78 is 14.9. The van der Waals surface area contributed by atoms with Crippen molar-refractivity contribution >= 4 is 66.9 Å². The van der Waals surface area contributed by atoms with Crippen LogP contribution in [0.2, 0.25) is 0 Å². The van der Waals surface area contributed by atoms with Gasteiger partial charge in [0.1, 0.15) is 11.9 Å². The minimum absolute atomic E-state index is 0.159. The molecule has 1 atom stereocenters. The second-order valence-electron chi connectivity index (χ2n) is 11.1. The van der Waals surface area contributed by atoms with Crippen molar-refractivity contribution in [3.63, 3.8) is 0 Å². The van der Waals surface area contributed by atoms with Crippen LogP contribution in [0.25, 0.3) is 0 Å². The number of rotatable bonds is 7. The number of anilines is 3. The number of primary amides is 1. The van der Waals surface area contributed by atoms with Crippen molar-refractivity contribution < 1.29 is 18.8 Å². The Morgan fingerprint density at radius 2 is 1.53 bits per heavy atom. The molecule has 0 bridgehead atoms. The summed E-state index contributed by atoms with van der Waals surface area (Å²) in [4.78, 5) is 51.0. The average molecular weight is 746 g/mol. The minimum Gasteiger partial charge on any atom is -0.397 e. The van der Waals surface area contributed by atoms with Crippen LogP contribution in [0.15, 0.2) is 69.9 Å². The topological polar surface area (TPSA) is 141 Å². The van der Waals surface area contributed by atoms with Gasteiger partial charge in [0.05, 0.1) is 5.69 Å². The first-order valence-electron chi connectivity index (χ1n) is 14.7. The molecule has 45 heavy (non-hydrogen) atoms. The largest absolute Gasteiger partial charge is 0.397 e. The maximum absolute atomic E-state index is 13.9. The van der Waals surface area contributed by atoms with Gasteiger partial charge in [-0.1, -0.05) is 0 Å². The molecule has 5 amide bonds. The molecule has 0 radical (unpaired) electrons. The van der Waals surface area contributed by atoms with Crippen molar-refractivity contribution in [3.8, 4) is 0 Å². The molecule has 11 nitrogen and oxygen atoms in total. The van der Waals surface area contributed by atoms with Crippen molar-refractivity contribution in [3.05, 3.63) is 81.3 Å². The van der Waals surface area contributed by atoms with E-state index in [4.69, 9.17) is 11.5 Å². The number of nitrogens with one attached hydrogen (secondary N) is 1. The highest BCUT2D eigenvalue weighted by atomic mass is 79.9. The van der Waals surface area contributed by atoms with Crippen LogP contribution < -0.4 is 26.6 Å². The van der Waals surface area contributed by atoms with Gasteiger partial charge >= 0.3 is 12.1 Å². The Morgan fingerprint density at radius 3 is 2.11 bits per heavy atom. The van der Waals surface area contributed by atoms with Gasteiger partial charge in [-0.2, -0.15) is 0 Å². The number of urea groups is 2. The van der Waals surface area contributed by atoms with Crippen LogP contribution in [-0.2, 0) is 11.2 Å². The molecule has 2 fully saturated rings. The zero-order chi connectivity index (χ0) is 32.1. The predicted molar refractivity (Wildman–Crippen MR) is 178 cm³/mol. The Labute approximate surface area is 278 Å². The monoisotopic (exact) mass is 744 g/mol. The zero-order valence-corrected chi connectivity index (χ0v) is 27.7. The summed E-state index contributed by atoms with van der Waals surface area (Å²) >= 11 is 6.96. The van der Waals surface area contributed by atoms with E-state index in [0.717, 1.165) is 11.3 Å². The first-order valence-corrected chi connectivity index (χ1v) is 16.3. The number of piperazine rings is 1. The Kier molecular flexibility index (Phi) is 10.4. The van der Waals surface area contributed by atoms with Gasteiger partial charge in [-0.25, -0.2) is 14.0 Å². The number of benzene rings is 2. The molecule has 3 aromatic rings. The smallest absolute Gasteiger partial charge is 0.319 e. The number of nitrogens with zero attached hydrogens (tertiary/aromatic N) is 5. The van der Waals surface area contributed by atoms with Crippen LogP contribution >= 0.6 is 31.9 Å². The highest BCUT2D eigenvalue weighted by Crippen LogP contribution is 2.30. The van der Waals surface area contributed by atoms with E-state index in [2.05, 4.69) is 47.1 Å². The number of amides is 5. The van der Waals surface area contributed by atoms with E-state index in [-0.39, 0.29) is 24.4 Å². The SMILES string of the molecule is NC(=O)N(c1ccc(F)cc1)C1CCN(C(=O)N[C@H](Cc2cc(Br)c(N)c(Br)c2)C(=O)N2CCN(c3ccncc3)CC2)CC1. The van der Waals surface area contributed by atoms with E-state index in [1.807, 2.05) is 24.3 Å². The van der Waals surface area contributed by atoms with Crippen LogP contribution in [0.1, 0.15) is 18.4 Å². The van der Waals surface area contributed by atoms with Crippen molar-refractivity contribution in [2.45, 2.75) is 31.3 Å². The van der Waals surface area contributed by atoms with Gasteiger partial charge < -0.3 is 31.5 Å². The van der Waals surface area contributed by atoms with Gasteiger partial charge in [0.15, 0.2) is 0 Å². The van der Waals surface area contributed by atoms with Gasteiger partial charge in [0.25, 0.3) is 0 Å². The van der Waals surface area contributed by atoms with Crippen molar-refractivity contribution in [1.29, 1.82) is 0 Å². The average Bonchev–Trinajstić information content (AvgIpc) is 3.04. The molecule has 5 N–H and O–H groups in total. The number of hydrogen-bond acceptors (Lipinski definition) is 6. The summed E-state index contributed by atoms with van der Waals surface area (Å²) in [6.45, 7) is 3.05. The first kappa shape index (κ1) is 32.5. The number of halogens is 3. The summed E-state index contributed by atoms with van der Waals surface area (Å²) in [7, 11) is 0. The summed E-state index contributed by atoms with van der Waals surface area (Å²) in [6, 6.07) is 11.1. The summed E-state index contributed by atoms with van der Waals surface area (Å²) in [5.41, 5.74) is 14.7. The van der Waals surface area contributed by atoms with Gasteiger partial charge in [0.2, 0.25) is 5.91 Å². The first-order chi connectivity index (χ1) is 21.6. The second kappa shape index (κ2) is 14.5. The highest BCUT2D eigenvalue weighted by molar-refractivity contribution is 9.11. The van der Waals surface area contributed by atoms with Crippen LogP contribution in [0.3, 0.4) is 0 Å². The third kappa shape index (κ3) is 7.85. The Hall–Kier alpha value is -3.91. The fourth-order valence-corrected chi connectivity index (χ4v) is 7.12. The molecule has 238 valence electrons. The lowest BCUT2D eigenvalue weighted by Gasteiger charge is -2.39. The zero-order valence-electron chi connectivity index (χ0n) is 24.5. The second-order valence-corrected chi connectivity index (χ2v) is 12.8. The van der Waals surface area contributed by atoms with Gasteiger partial charge in [-0.3, -0.25) is 14.7 Å². The lowest BCUT2D eigenvalue weighted by molar-refractivity contribution is -0.133. The number of hydrogen-bond donors (Lipinski definition) is 3. The third-order valence-corrected chi connectivity index (χ3v) is 9.56. The van der Waals surface area contributed by atoms with Crippen molar-refractivity contribution in [1.82, 2.24) is 20.1 Å². The molecule has 0 unspecified atom stereocenters. The molecule has 0 saturated carbocycles. The molecular weight excluding hydrogens is 711 g/mol. The Morgan fingerprint density at radius 1 is 0.933 bits per heavy atom. The van der Waals surface area contributed by atoms with Crippen molar-refractivity contribution in [2.24, 2.45) is 5.73 Å². The number of nitrogen functional groups attached to an aromatic ring is 1. The fraction of sp³-hybridized carbons (Fsp3) is 0.355. The molecule has 1 aromatic heterocycles. The van der Waals surface area contributed by atoms with Gasteiger partial charge in [-0.05, 0) is 98.8 Å². The van der Waals surface area contributed by atoms with Crippen LogP contribution in [0.5, 0.6) is 0 Å². The molecule has 3 heterocycles. The quantitative estimate of drug-likeness (QED) is 0.308. The minimum atomic E-state index is -0.813. The van der Waals surface area contributed by atoms with E-state index >= 15 is 0 Å². The molecule has 0 spiro atoms. The molecule has 5 rings (SSSR count). The molecule has 2 saturated heterocycles. The van der Waals surface area contributed by atoms with E-state index in [1.54, 1.807) is 22.2 Å². The number of piperidine rings is 1. The molecule has 2 aliphatic heterocycles. The number of carbonyl (C=O) groups is 3. The molecule has 0 aliphatic carbocycles.